The molecule has 0 fully saturated rings. The number of likely N-dealkylation sites (N-methyl/N-ethyl adjacent to an activating group) is 1. The topological polar surface area (TPSA) is 128 Å². The number of carboxylic acids is 1. The summed E-state index contributed by atoms with van der Waals surface area (Å²) in [5, 5.41) is 15.1. The number of ether oxygens (including phenoxy) is 1. The van der Waals surface area contributed by atoms with E-state index in [1.165, 1.54) is 4.90 Å². The molecule has 3 amide bonds. The van der Waals surface area contributed by atoms with E-state index in [9.17, 15) is 28.7 Å². The number of anilines is 2. The van der Waals surface area contributed by atoms with Gasteiger partial charge in [0.25, 0.3) is 5.91 Å². The van der Waals surface area contributed by atoms with Crippen molar-refractivity contribution in [3.8, 4) is 0 Å². The Labute approximate surface area is 197 Å². The van der Waals surface area contributed by atoms with Gasteiger partial charge in [-0.1, -0.05) is 32.4 Å². The molecule has 0 spiro atoms. The fraction of sp³-hybridized carbons (Fsp3) is 0.565. The van der Waals surface area contributed by atoms with Crippen LogP contribution >= 0.6 is 0 Å². The van der Waals surface area contributed by atoms with Crippen LogP contribution in [0.25, 0.3) is 0 Å². The van der Waals surface area contributed by atoms with Gasteiger partial charge in [-0.3, -0.25) is 19.3 Å². The molecule has 1 aromatic rings. The Hall–Kier alpha value is -3.21. The average molecular weight is 479 g/mol. The van der Waals surface area contributed by atoms with Crippen molar-refractivity contribution in [2.45, 2.75) is 44.8 Å². The van der Waals surface area contributed by atoms with Gasteiger partial charge in [0.1, 0.15) is 31.4 Å². The first-order chi connectivity index (χ1) is 16.2. The third-order valence-electron chi connectivity index (χ3n) is 6.34. The first-order valence-electron chi connectivity index (χ1n) is 11.3. The molecule has 10 nitrogen and oxygen atoms in total. The van der Waals surface area contributed by atoms with E-state index in [-0.39, 0.29) is 32.1 Å². The van der Waals surface area contributed by atoms with Crippen molar-refractivity contribution < 1.29 is 33.4 Å². The molecule has 3 N–H and O–H groups in total. The summed E-state index contributed by atoms with van der Waals surface area (Å²) in [6.07, 6.45) is 0.757. The molecule has 2 aliphatic heterocycles. The fourth-order valence-electron chi connectivity index (χ4n) is 4.37. The molecule has 0 bridgehead atoms. The molecule has 0 radical (unpaired) electrons. The quantitative estimate of drug-likeness (QED) is 0.417. The van der Waals surface area contributed by atoms with Gasteiger partial charge in [-0.05, 0) is 17.5 Å². The van der Waals surface area contributed by atoms with E-state index in [1.807, 2.05) is 24.0 Å². The van der Waals surface area contributed by atoms with E-state index in [4.69, 9.17) is 4.74 Å². The summed E-state index contributed by atoms with van der Waals surface area (Å²) in [6.45, 7) is 2.45. The Morgan fingerprint density at radius 1 is 1.32 bits per heavy atom. The molecule has 186 valence electrons. The van der Waals surface area contributed by atoms with Crippen molar-refractivity contribution in [2.24, 2.45) is 5.92 Å². The zero-order chi connectivity index (χ0) is 25.0. The number of para-hydroxylation sites is 1. The highest BCUT2D eigenvalue weighted by Gasteiger charge is 2.45. The Balaban J connectivity index is 1.82. The number of aliphatic carboxylic acids is 1. The van der Waals surface area contributed by atoms with E-state index in [0.29, 0.717) is 17.8 Å². The van der Waals surface area contributed by atoms with Crippen molar-refractivity contribution in [1.82, 2.24) is 10.6 Å². The summed E-state index contributed by atoms with van der Waals surface area (Å²) in [5.74, 6) is -3.02. The number of alkyl halides is 1. The fourth-order valence-corrected chi connectivity index (χ4v) is 4.37. The van der Waals surface area contributed by atoms with Gasteiger partial charge in [0.2, 0.25) is 11.8 Å². The van der Waals surface area contributed by atoms with Gasteiger partial charge in [0, 0.05) is 20.0 Å². The molecule has 2 heterocycles. The van der Waals surface area contributed by atoms with Crippen LogP contribution in [0.15, 0.2) is 18.2 Å². The molecule has 3 rings (SSSR count). The predicted molar refractivity (Wildman–Crippen MR) is 122 cm³/mol. The van der Waals surface area contributed by atoms with Gasteiger partial charge in [0.15, 0.2) is 0 Å². The van der Waals surface area contributed by atoms with Gasteiger partial charge in [-0.15, -0.1) is 0 Å². The largest absolute Gasteiger partial charge is 0.480 e. The average Bonchev–Trinajstić information content (AvgIpc) is 3.17. The van der Waals surface area contributed by atoms with Crippen LogP contribution in [0.5, 0.6) is 0 Å². The Bertz CT molecular complexity index is 957. The molecule has 2 aliphatic rings. The number of amides is 3. The lowest BCUT2D eigenvalue weighted by Gasteiger charge is -2.29. The third kappa shape index (κ3) is 5.14. The lowest BCUT2D eigenvalue weighted by Crippen LogP contribution is -2.59. The summed E-state index contributed by atoms with van der Waals surface area (Å²) in [5.41, 5.74) is 2.02. The van der Waals surface area contributed by atoms with Crippen molar-refractivity contribution >= 4 is 35.1 Å². The SMILES string of the molecule is CC[C@H](C)[C@H](NC(=O)COCCF)C(=O)N[C@H]1CN(C)c2cccc3c2N(C1=O)[C@H](C(=O)O)C3. The van der Waals surface area contributed by atoms with E-state index >= 15 is 0 Å². The minimum absolute atomic E-state index is 0.130. The first kappa shape index (κ1) is 25.4. The molecule has 34 heavy (non-hydrogen) atoms. The van der Waals surface area contributed by atoms with Gasteiger partial charge < -0.3 is 25.4 Å². The van der Waals surface area contributed by atoms with Gasteiger partial charge in [0.05, 0.1) is 18.0 Å². The van der Waals surface area contributed by atoms with E-state index in [1.54, 1.807) is 20.0 Å². The van der Waals surface area contributed by atoms with Crippen molar-refractivity contribution in [2.75, 3.05) is 43.3 Å². The van der Waals surface area contributed by atoms with Gasteiger partial charge in [-0.2, -0.15) is 0 Å². The van der Waals surface area contributed by atoms with E-state index in [0.717, 1.165) is 5.56 Å². The van der Waals surface area contributed by atoms with Gasteiger partial charge >= 0.3 is 5.97 Å². The third-order valence-corrected chi connectivity index (χ3v) is 6.34. The van der Waals surface area contributed by atoms with Crippen LogP contribution in [-0.4, -0.2) is 80.4 Å². The highest BCUT2D eigenvalue weighted by atomic mass is 19.1. The second-order valence-electron chi connectivity index (χ2n) is 8.67. The number of rotatable bonds is 10. The number of hydrogen-bond donors (Lipinski definition) is 3. The van der Waals surface area contributed by atoms with Crippen molar-refractivity contribution in [3.63, 3.8) is 0 Å². The second-order valence-corrected chi connectivity index (χ2v) is 8.67. The van der Waals surface area contributed by atoms with Crippen molar-refractivity contribution in [3.05, 3.63) is 23.8 Å². The summed E-state index contributed by atoms with van der Waals surface area (Å²) in [7, 11) is 1.77. The predicted octanol–water partition coefficient (Wildman–Crippen LogP) is 0.481. The smallest absolute Gasteiger partial charge is 0.327 e. The number of nitrogens with one attached hydrogen (secondary N) is 2. The van der Waals surface area contributed by atoms with E-state index < -0.39 is 48.5 Å². The minimum atomic E-state index is -1.12. The minimum Gasteiger partial charge on any atom is -0.480 e. The van der Waals surface area contributed by atoms with Crippen LogP contribution in [0.3, 0.4) is 0 Å². The van der Waals surface area contributed by atoms with Gasteiger partial charge in [-0.25, -0.2) is 9.18 Å². The second kappa shape index (κ2) is 10.8. The first-order valence-corrected chi connectivity index (χ1v) is 11.3. The van der Waals surface area contributed by atoms with Crippen LogP contribution in [0, 0.1) is 5.92 Å². The molecule has 0 saturated heterocycles. The normalized spacial score (nSPS) is 20.9. The summed E-state index contributed by atoms with van der Waals surface area (Å²) in [6, 6.07) is 2.40. The molecule has 1 aromatic carbocycles. The van der Waals surface area contributed by atoms with E-state index in [2.05, 4.69) is 10.6 Å². The molecular formula is C23H31FN4O6. The number of carbonyl (C=O) groups excluding carboxylic acids is 3. The number of benzene rings is 1. The molecule has 4 atom stereocenters. The number of nitrogens with zero attached hydrogens (tertiary/aromatic N) is 2. The summed E-state index contributed by atoms with van der Waals surface area (Å²) >= 11 is 0. The molecule has 0 saturated carbocycles. The molecular weight excluding hydrogens is 447 g/mol. The number of halogens is 1. The molecule has 0 aromatic heterocycles. The van der Waals surface area contributed by atoms with Crippen LogP contribution < -0.4 is 20.4 Å². The Morgan fingerprint density at radius 3 is 2.71 bits per heavy atom. The summed E-state index contributed by atoms with van der Waals surface area (Å²) < 4.78 is 17.1. The van der Waals surface area contributed by atoms with Crippen LogP contribution in [0.4, 0.5) is 15.8 Å². The number of carboxylic acid groups (broad SMARTS) is 1. The Kier molecular flexibility index (Phi) is 8.08. The molecule has 11 heteroatoms. The van der Waals surface area contributed by atoms with Crippen LogP contribution in [-0.2, 0) is 30.3 Å². The highest BCUT2D eigenvalue weighted by molar-refractivity contribution is 6.09. The highest BCUT2D eigenvalue weighted by Crippen LogP contribution is 2.42. The maximum Gasteiger partial charge on any atom is 0.327 e. The van der Waals surface area contributed by atoms with Crippen LogP contribution in [0.1, 0.15) is 25.8 Å². The molecule has 0 unspecified atom stereocenters. The van der Waals surface area contributed by atoms with Crippen molar-refractivity contribution in [1.29, 1.82) is 0 Å². The monoisotopic (exact) mass is 478 g/mol. The lowest BCUT2D eigenvalue weighted by atomic mass is 9.97. The maximum absolute atomic E-state index is 13.5. The number of carbonyl (C=O) groups is 4. The zero-order valence-electron chi connectivity index (χ0n) is 19.5. The standard InChI is InChI=1S/C23H31FN4O6/c1-4-13(2)19(26-18(29)12-34-9-8-24)21(30)25-15-11-27(3)16-7-5-6-14-10-17(23(32)33)28(20(14)16)22(15)31/h5-7,13,15,17,19H,4,8-12H2,1-3H3,(H,25,30)(H,26,29)(H,32,33)/t13-,15-,17-,19-/m0/s1. The van der Waals surface area contributed by atoms with Crippen LogP contribution in [0.2, 0.25) is 0 Å². The lowest BCUT2D eigenvalue weighted by molar-refractivity contribution is -0.140. The zero-order valence-corrected chi connectivity index (χ0v) is 19.5. The summed E-state index contributed by atoms with van der Waals surface area (Å²) in [4.78, 5) is 53.9. The number of hydrogen-bond acceptors (Lipinski definition) is 6. The maximum atomic E-state index is 13.5. The molecule has 0 aliphatic carbocycles. The Morgan fingerprint density at radius 2 is 2.06 bits per heavy atom.